The molecule has 0 saturated heterocycles. The quantitative estimate of drug-likeness (QED) is 0.780. The molecule has 0 spiro atoms. The lowest BCUT2D eigenvalue weighted by molar-refractivity contribution is -0.121. The van der Waals surface area contributed by atoms with Gasteiger partial charge in [-0.25, -0.2) is 0 Å². The Morgan fingerprint density at radius 1 is 1.07 bits per heavy atom. The Morgan fingerprint density at radius 2 is 1.74 bits per heavy atom. The molecule has 6 nitrogen and oxygen atoms in total. The number of hydrogen-bond donors (Lipinski definition) is 2. The second-order valence-corrected chi connectivity index (χ2v) is 6.70. The number of carbonyl (C=O) groups is 1. The van der Waals surface area contributed by atoms with Gasteiger partial charge >= 0.3 is 0 Å². The van der Waals surface area contributed by atoms with Crippen LogP contribution in [0.4, 0.5) is 0 Å². The van der Waals surface area contributed by atoms with Crippen molar-refractivity contribution in [3.8, 4) is 17.2 Å². The molecule has 0 bridgehead atoms. The van der Waals surface area contributed by atoms with Crippen LogP contribution in [0.1, 0.15) is 23.1 Å². The van der Waals surface area contributed by atoms with Crippen LogP contribution < -0.4 is 19.5 Å². The van der Waals surface area contributed by atoms with Crippen molar-refractivity contribution in [1.82, 2.24) is 5.32 Å². The lowest BCUT2D eigenvalue weighted by Crippen LogP contribution is -2.39. The summed E-state index contributed by atoms with van der Waals surface area (Å²) in [5.74, 6) is 1.83. The number of aryl methyl sites for hydroxylation is 1. The van der Waals surface area contributed by atoms with E-state index in [4.69, 9.17) is 14.2 Å². The standard InChI is InChI=1S/C21H25NO5/c1-25-16-6-4-14(5-7-16)10-20(23)22-13-21(24)9-8-15-11-18(26-2)19(27-3)12-17(15)21/h4-7,11-12,24H,8-10,13H2,1-3H3,(H,22,23). The van der Waals surface area contributed by atoms with E-state index in [0.29, 0.717) is 17.9 Å². The predicted octanol–water partition coefficient (Wildman–Crippen LogP) is 2.21. The van der Waals surface area contributed by atoms with Crippen LogP contribution in [-0.2, 0) is 23.2 Å². The fourth-order valence-electron chi connectivity index (χ4n) is 3.46. The highest BCUT2D eigenvalue weighted by atomic mass is 16.5. The molecule has 27 heavy (non-hydrogen) atoms. The Labute approximate surface area is 159 Å². The van der Waals surface area contributed by atoms with E-state index in [1.165, 1.54) is 0 Å². The van der Waals surface area contributed by atoms with Crippen molar-refractivity contribution in [3.63, 3.8) is 0 Å². The lowest BCUT2D eigenvalue weighted by Gasteiger charge is -2.25. The van der Waals surface area contributed by atoms with Gasteiger partial charge in [0.25, 0.3) is 0 Å². The Hall–Kier alpha value is -2.73. The molecule has 0 aromatic heterocycles. The highest BCUT2D eigenvalue weighted by Crippen LogP contribution is 2.42. The third kappa shape index (κ3) is 4.01. The van der Waals surface area contributed by atoms with Crippen molar-refractivity contribution >= 4 is 5.91 Å². The first-order chi connectivity index (χ1) is 13.0. The maximum Gasteiger partial charge on any atom is 0.224 e. The Balaban J connectivity index is 1.67. The summed E-state index contributed by atoms with van der Waals surface area (Å²) in [6.45, 7) is 0.157. The summed E-state index contributed by atoms with van der Waals surface area (Å²) in [6, 6.07) is 11.1. The molecule has 144 valence electrons. The molecule has 2 aromatic carbocycles. The molecule has 3 rings (SSSR count). The van der Waals surface area contributed by atoms with Crippen LogP contribution in [0, 0.1) is 0 Å². The van der Waals surface area contributed by atoms with Gasteiger partial charge in [-0.1, -0.05) is 12.1 Å². The number of hydrogen-bond acceptors (Lipinski definition) is 5. The summed E-state index contributed by atoms with van der Waals surface area (Å²) < 4.78 is 15.8. The molecule has 2 aromatic rings. The van der Waals surface area contributed by atoms with E-state index in [-0.39, 0.29) is 18.9 Å². The molecule has 0 fully saturated rings. The van der Waals surface area contributed by atoms with Gasteiger partial charge in [-0.05, 0) is 53.8 Å². The van der Waals surface area contributed by atoms with Gasteiger partial charge in [0, 0.05) is 0 Å². The number of fused-ring (bicyclic) bond motifs is 1. The highest BCUT2D eigenvalue weighted by molar-refractivity contribution is 5.78. The zero-order chi connectivity index (χ0) is 19.4. The highest BCUT2D eigenvalue weighted by Gasteiger charge is 2.38. The summed E-state index contributed by atoms with van der Waals surface area (Å²) in [4.78, 5) is 12.3. The van der Waals surface area contributed by atoms with E-state index < -0.39 is 5.60 Å². The number of methoxy groups -OCH3 is 3. The van der Waals surface area contributed by atoms with Gasteiger partial charge in [0.15, 0.2) is 11.5 Å². The number of rotatable bonds is 7. The minimum atomic E-state index is -1.11. The van der Waals surface area contributed by atoms with E-state index in [9.17, 15) is 9.90 Å². The minimum absolute atomic E-state index is 0.137. The molecule has 0 aliphatic heterocycles. The minimum Gasteiger partial charge on any atom is -0.497 e. The monoisotopic (exact) mass is 371 g/mol. The van der Waals surface area contributed by atoms with E-state index in [2.05, 4.69) is 5.32 Å². The number of nitrogens with one attached hydrogen (secondary N) is 1. The summed E-state index contributed by atoms with van der Waals surface area (Å²) in [7, 11) is 4.76. The SMILES string of the molecule is COc1ccc(CC(=O)NCC2(O)CCc3cc(OC)c(OC)cc32)cc1. The van der Waals surface area contributed by atoms with E-state index in [0.717, 1.165) is 28.9 Å². The second-order valence-electron chi connectivity index (χ2n) is 6.70. The average Bonchev–Trinajstić information content (AvgIpc) is 3.02. The van der Waals surface area contributed by atoms with Gasteiger partial charge < -0.3 is 24.6 Å². The van der Waals surface area contributed by atoms with Crippen molar-refractivity contribution < 1.29 is 24.1 Å². The van der Waals surface area contributed by atoms with Crippen LogP contribution in [0.25, 0.3) is 0 Å². The summed E-state index contributed by atoms with van der Waals surface area (Å²) in [6.07, 6.45) is 1.51. The largest absolute Gasteiger partial charge is 0.497 e. The Bertz CT molecular complexity index is 818. The number of aliphatic hydroxyl groups is 1. The van der Waals surface area contributed by atoms with Crippen LogP contribution in [0.5, 0.6) is 17.2 Å². The zero-order valence-corrected chi connectivity index (χ0v) is 15.9. The third-order valence-electron chi connectivity index (χ3n) is 5.02. The van der Waals surface area contributed by atoms with Gasteiger partial charge in [-0.15, -0.1) is 0 Å². The van der Waals surface area contributed by atoms with Crippen LogP contribution >= 0.6 is 0 Å². The first-order valence-electron chi connectivity index (χ1n) is 8.86. The maximum absolute atomic E-state index is 12.3. The van der Waals surface area contributed by atoms with Gasteiger partial charge in [-0.2, -0.15) is 0 Å². The summed E-state index contributed by atoms with van der Waals surface area (Å²) in [5.41, 5.74) is 1.58. The fraction of sp³-hybridized carbons (Fsp3) is 0.381. The van der Waals surface area contributed by atoms with E-state index in [1.807, 2.05) is 30.3 Å². The van der Waals surface area contributed by atoms with Crippen molar-refractivity contribution in [2.45, 2.75) is 24.9 Å². The van der Waals surface area contributed by atoms with Gasteiger partial charge in [0.2, 0.25) is 5.91 Å². The first kappa shape index (κ1) is 19.0. The van der Waals surface area contributed by atoms with Crippen molar-refractivity contribution in [3.05, 3.63) is 53.1 Å². The number of ether oxygens (including phenoxy) is 3. The lowest BCUT2D eigenvalue weighted by atomic mass is 9.95. The van der Waals surface area contributed by atoms with Gasteiger partial charge in [-0.3, -0.25) is 4.79 Å². The molecular weight excluding hydrogens is 346 g/mol. The number of benzene rings is 2. The molecule has 1 amide bonds. The topological polar surface area (TPSA) is 77.0 Å². The van der Waals surface area contributed by atoms with Crippen molar-refractivity contribution in [2.75, 3.05) is 27.9 Å². The second kappa shape index (κ2) is 7.88. The van der Waals surface area contributed by atoms with E-state index in [1.54, 1.807) is 27.4 Å². The van der Waals surface area contributed by atoms with Gasteiger partial charge in [0.1, 0.15) is 11.4 Å². The fourth-order valence-corrected chi connectivity index (χ4v) is 3.46. The molecule has 1 unspecified atom stereocenters. The number of carbonyl (C=O) groups excluding carboxylic acids is 1. The third-order valence-corrected chi connectivity index (χ3v) is 5.02. The zero-order valence-electron chi connectivity index (χ0n) is 15.9. The molecule has 0 heterocycles. The molecule has 0 saturated carbocycles. The van der Waals surface area contributed by atoms with Crippen molar-refractivity contribution in [2.24, 2.45) is 0 Å². The smallest absolute Gasteiger partial charge is 0.224 e. The van der Waals surface area contributed by atoms with Crippen LogP contribution in [-0.4, -0.2) is 38.9 Å². The van der Waals surface area contributed by atoms with Crippen LogP contribution in [0.2, 0.25) is 0 Å². The molecule has 1 atom stereocenters. The normalized spacial score (nSPS) is 17.9. The Kier molecular flexibility index (Phi) is 5.56. The maximum atomic E-state index is 12.3. The van der Waals surface area contributed by atoms with Crippen LogP contribution in [0.15, 0.2) is 36.4 Å². The predicted molar refractivity (Wildman–Crippen MR) is 101 cm³/mol. The van der Waals surface area contributed by atoms with E-state index >= 15 is 0 Å². The molecule has 6 heteroatoms. The Morgan fingerprint density at radius 3 is 2.37 bits per heavy atom. The van der Waals surface area contributed by atoms with Gasteiger partial charge in [0.05, 0.1) is 34.3 Å². The molecule has 0 radical (unpaired) electrons. The summed E-state index contributed by atoms with van der Waals surface area (Å²) >= 11 is 0. The van der Waals surface area contributed by atoms with Crippen molar-refractivity contribution in [1.29, 1.82) is 0 Å². The van der Waals surface area contributed by atoms with Crippen LogP contribution in [0.3, 0.4) is 0 Å². The molecule has 1 aliphatic rings. The number of amides is 1. The molecule has 1 aliphatic carbocycles. The average molecular weight is 371 g/mol. The first-order valence-corrected chi connectivity index (χ1v) is 8.86. The molecular formula is C21H25NO5. The summed E-state index contributed by atoms with van der Waals surface area (Å²) in [5, 5.41) is 13.9. The molecule has 2 N–H and O–H groups in total.